The predicted molar refractivity (Wildman–Crippen MR) is 95.6 cm³/mol. The molecule has 22 heavy (non-hydrogen) atoms. The summed E-state index contributed by atoms with van der Waals surface area (Å²) in [7, 11) is 1.66. The number of ether oxygens (including phenoxy) is 1. The number of benzene rings is 2. The molecule has 116 valence electrons. The minimum atomic E-state index is 0.650. The van der Waals surface area contributed by atoms with E-state index >= 15 is 0 Å². The van der Waals surface area contributed by atoms with E-state index in [1.807, 2.05) is 48.5 Å². The molecule has 0 radical (unpaired) electrons. The van der Waals surface area contributed by atoms with Crippen molar-refractivity contribution in [2.24, 2.45) is 0 Å². The molecular weight excluding hydrogens is 316 g/mol. The first kappa shape index (κ1) is 16.6. The fraction of sp³-hybridized carbons (Fsp3) is 0.235. The van der Waals surface area contributed by atoms with Crippen LogP contribution in [0.5, 0.6) is 5.75 Å². The second-order valence-electron chi connectivity index (χ2n) is 4.84. The summed E-state index contributed by atoms with van der Waals surface area (Å²) in [5, 5.41) is 7.80. The Labute approximate surface area is 141 Å². The van der Waals surface area contributed by atoms with Gasteiger partial charge in [-0.2, -0.15) is 0 Å². The fourth-order valence-corrected chi connectivity index (χ4v) is 2.30. The van der Waals surface area contributed by atoms with Gasteiger partial charge in [0.2, 0.25) is 0 Å². The molecule has 0 aliphatic heterocycles. The maximum absolute atomic E-state index is 5.86. The quantitative estimate of drug-likeness (QED) is 0.791. The molecule has 0 unspecified atom stereocenters. The van der Waals surface area contributed by atoms with Crippen molar-refractivity contribution in [3.63, 3.8) is 0 Å². The van der Waals surface area contributed by atoms with Crippen LogP contribution in [-0.4, -0.2) is 18.8 Å². The Bertz CT molecular complexity index is 616. The van der Waals surface area contributed by atoms with Crippen molar-refractivity contribution in [2.75, 3.05) is 13.7 Å². The molecule has 0 aliphatic carbocycles. The van der Waals surface area contributed by atoms with Crippen LogP contribution in [0.25, 0.3) is 0 Å². The molecule has 2 aromatic rings. The van der Waals surface area contributed by atoms with Crippen LogP contribution >= 0.6 is 23.8 Å². The van der Waals surface area contributed by atoms with Gasteiger partial charge in [0.05, 0.1) is 7.11 Å². The van der Waals surface area contributed by atoms with Crippen LogP contribution in [0, 0.1) is 0 Å². The molecule has 0 atom stereocenters. The molecule has 0 fully saturated rings. The molecule has 2 aromatic carbocycles. The van der Waals surface area contributed by atoms with Crippen LogP contribution in [0.3, 0.4) is 0 Å². The lowest BCUT2D eigenvalue weighted by Gasteiger charge is -2.11. The van der Waals surface area contributed by atoms with E-state index in [0.29, 0.717) is 11.7 Å². The lowest BCUT2D eigenvalue weighted by Crippen LogP contribution is -2.35. The monoisotopic (exact) mass is 334 g/mol. The van der Waals surface area contributed by atoms with Crippen LogP contribution in [0.4, 0.5) is 0 Å². The Morgan fingerprint density at radius 3 is 2.59 bits per heavy atom. The Kier molecular flexibility index (Phi) is 6.49. The first-order chi connectivity index (χ1) is 10.7. The summed E-state index contributed by atoms with van der Waals surface area (Å²) in [5.41, 5.74) is 2.36. The summed E-state index contributed by atoms with van der Waals surface area (Å²) < 4.78 is 5.20. The van der Waals surface area contributed by atoms with E-state index in [9.17, 15) is 0 Å². The average molecular weight is 335 g/mol. The van der Waals surface area contributed by atoms with Crippen molar-refractivity contribution in [3.05, 3.63) is 64.7 Å². The first-order valence-corrected chi connectivity index (χ1v) is 7.85. The van der Waals surface area contributed by atoms with Crippen molar-refractivity contribution in [3.8, 4) is 5.75 Å². The van der Waals surface area contributed by atoms with E-state index in [2.05, 4.69) is 10.6 Å². The largest absolute Gasteiger partial charge is 0.497 e. The van der Waals surface area contributed by atoms with Crippen LogP contribution in [0.1, 0.15) is 11.1 Å². The van der Waals surface area contributed by atoms with Gasteiger partial charge in [0, 0.05) is 18.1 Å². The van der Waals surface area contributed by atoms with E-state index in [1.54, 1.807) is 7.11 Å². The van der Waals surface area contributed by atoms with E-state index in [1.165, 1.54) is 5.56 Å². The molecule has 0 saturated heterocycles. The van der Waals surface area contributed by atoms with Gasteiger partial charge in [0.15, 0.2) is 5.11 Å². The van der Waals surface area contributed by atoms with Gasteiger partial charge >= 0.3 is 0 Å². The van der Waals surface area contributed by atoms with E-state index in [4.69, 9.17) is 28.6 Å². The molecule has 0 spiro atoms. The molecule has 2 N–H and O–H groups in total. The van der Waals surface area contributed by atoms with Gasteiger partial charge < -0.3 is 15.4 Å². The third-order valence-corrected chi connectivity index (χ3v) is 3.74. The Morgan fingerprint density at radius 1 is 1.09 bits per heavy atom. The molecule has 0 aromatic heterocycles. The summed E-state index contributed by atoms with van der Waals surface area (Å²) in [4.78, 5) is 0. The smallest absolute Gasteiger partial charge is 0.166 e. The molecule has 0 amide bonds. The van der Waals surface area contributed by atoms with Gasteiger partial charge in [-0.3, -0.25) is 0 Å². The summed E-state index contributed by atoms with van der Waals surface area (Å²) in [6, 6.07) is 15.8. The predicted octanol–water partition coefficient (Wildman–Crippen LogP) is 3.56. The maximum Gasteiger partial charge on any atom is 0.166 e. The van der Waals surface area contributed by atoms with Crippen molar-refractivity contribution in [2.45, 2.75) is 13.0 Å². The highest BCUT2D eigenvalue weighted by Gasteiger charge is 1.99. The third-order valence-electron chi connectivity index (χ3n) is 3.20. The number of thiocarbonyl (C=S) groups is 1. The Balaban J connectivity index is 1.70. The SMILES string of the molecule is COc1cccc(CNC(=S)NCCc2ccc(Cl)cc2)c1. The summed E-state index contributed by atoms with van der Waals surface area (Å²) in [6.45, 7) is 1.45. The van der Waals surface area contributed by atoms with Gasteiger partial charge in [0.1, 0.15) is 5.75 Å². The van der Waals surface area contributed by atoms with E-state index in [0.717, 1.165) is 29.3 Å². The number of methoxy groups -OCH3 is 1. The van der Waals surface area contributed by atoms with Crippen molar-refractivity contribution in [1.82, 2.24) is 10.6 Å². The highest BCUT2D eigenvalue weighted by molar-refractivity contribution is 7.80. The zero-order valence-corrected chi connectivity index (χ0v) is 14.0. The normalized spacial score (nSPS) is 10.1. The second kappa shape index (κ2) is 8.61. The average Bonchev–Trinajstić information content (AvgIpc) is 2.55. The molecule has 2 rings (SSSR count). The maximum atomic E-state index is 5.86. The number of halogens is 1. The highest BCUT2D eigenvalue weighted by atomic mass is 35.5. The third kappa shape index (κ3) is 5.54. The van der Waals surface area contributed by atoms with Gasteiger partial charge in [-0.15, -0.1) is 0 Å². The zero-order chi connectivity index (χ0) is 15.8. The lowest BCUT2D eigenvalue weighted by molar-refractivity contribution is 0.414. The van der Waals surface area contributed by atoms with E-state index in [-0.39, 0.29) is 0 Å². The van der Waals surface area contributed by atoms with Crippen molar-refractivity contribution in [1.29, 1.82) is 0 Å². The molecule has 0 heterocycles. The van der Waals surface area contributed by atoms with Crippen LogP contribution in [0.2, 0.25) is 5.02 Å². The fourth-order valence-electron chi connectivity index (χ4n) is 2.00. The molecule has 5 heteroatoms. The van der Waals surface area contributed by atoms with Crippen LogP contribution in [-0.2, 0) is 13.0 Å². The van der Waals surface area contributed by atoms with Gasteiger partial charge in [-0.1, -0.05) is 35.9 Å². The number of nitrogens with one attached hydrogen (secondary N) is 2. The molecule has 3 nitrogen and oxygen atoms in total. The van der Waals surface area contributed by atoms with Crippen LogP contribution in [0.15, 0.2) is 48.5 Å². The van der Waals surface area contributed by atoms with Crippen molar-refractivity contribution >= 4 is 28.9 Å². The minimum absolute atomic E-state index is 0.650. The summed E-state index contributed by atoms with van der Waals surface area (Å²) in [6.07, 6.45) is 0.901. The Hall–Kier alpha value is -1.78. The standard InChI is InChI=1S/C17H19ClN2OS/c1-21-16-4-2-3-14(11-16)12-20-17(22)19-10-9-13-5-7-15(18)8-6-13/h2-8,11H,9-10,12H2,1H3,(H2,19,20,22). The number of rotatable bonds is 6. The topological polar surface area (TPSA) is 33.3 Å². The van der Waals surface area contributed by atoms with E-state index < -0.39 is 0 Å². The van der Waals surface area contributed by atoms with Gasteiger partial charge in [-0.25, -0.2) is 0 Å². The van der Waals surface area contributed by atoms with Gasteiger partial charge in [0.25, 0.3) is 0 Å². The molecular formula is C17H19ClN2OS. The highest BCUT2D eigenvalue weighted by Crippen LogP contribution is 2.12. The molecule has 0 aliphatic rings. The lowest BCUT2D eigenvalue weighted by atomic mass is 10.1. The molecule has 0 saturated carbocycles. The second-order valence-corrected chi connectivity index (χ2v) is 5.68. The minimum Gasteiger partial charge on any atom is -0.497 e. The summed E-state index contributed by atoms with van der Waals surface area (Å²) >= 11 is 11.1. The van der Waals surface area contributed by atoms with Crippen molar-refractivity contribution < 1.29 is 4.74 Å². The first-order valence-electron chi connectivity index (χ1n) is 7.06. The van der Waals surface area contributed by atoms with Crippen LogP contribution < -0.4 is 15.4 Å². The van der Waals surface area contributed by atoms with Gasteiger partial charge in [-0.05, 0) is 54.0 Å². The molecule has 0 bridgehead atoms. The summed E-state index contributed by atoms with van der Waals surface area (Å²) in [5.74, 6) is 0.848. The number of hydrogen-bond donors (Lipinski definition) is 2. The Morgan fingerprint density at radius 2 is 1.86 bits per heavy atom. The number of hydrogen-bond acceptors (Lipinski definition) is 2. The zero-order valence-electron chi connectivity index (χ0n) is 12.4.